The molecule has 0 saturated carbocycles. The fourth-order valence-corrected chi connectivity index (χ4v) is 3.65. The molecule has 120 valence electrons. The van der Waals surface area contributed by atoms with Crippen molar-refractivity contribution in [1.29, 1.82) is 0 Å². The van der Waals surface area contributed by atoms with Crippen molar-refractivity contribution in [2.24, 2.45) is 0 Å². The second kappa shape index (κ2) is 6.37. The van der Waals surface area contributed by atoms with Crippen LogP contribution in [0, 0.1) is 0 Å². The van der Waals surface area contributed by atoms with Crippen LogP contribution in [0.1, 0.15) is 25.0 Å². The molecule has 1 aliphatic heterocycles. The van der Waals surface area contributed by atoms with Crippen molar-refractivity contribution in [1.82, 2.24) is 0 Å². The summed E-state index contributed by atoms with van der Waals surface area (Å²) in [4.78, 5) is 0. The van der Waals surface area contributed by atoms with Crippen LogP contribution in [-0.4, -0.2) is 0 Å². The van der Waals surface area contributed by atoms with Crippen molar-refractivity contribution in [3.05, 3.63) is 108 Å². The summed E-state index contributed by atoms with van der Waals surface area (Å²) in [5, 5.41) is 0. The van der Waals surface area contributed by atoms with E-state index in [1.54, 1.807) is 0 Å². The van der Waals surface area contributed by atoms with Crippen LogP contribution in [0.2, 0.25) is 0 Å². The zero-order valence-electron chi connectivity index (χ0n) is 14.3. The first kappa shape index (κ1) is 16.1. The van der Waals surface area contributed by atoms with Gasteiger partial charge in [0, 0.05) is 11.1 Å². The minimum absolute atomic E-state index is 0.452. The SMILES string of the molecule is C=C/C=C(\C)C1(C(=C)/C=C\C)c2ccccc2Oc2ccccc21. The summed E-state index contributed by atoms with van der Waals surface area (Å²) >= 11 is 0. The molecule has 0 bridgehead atoms. The van der Waals surface area contributed by atoms with Gasteiger partial charge in [-0.1, -0.05) is 79.4 Å². The molecule has 0 spiro atoms. The maximum Gasteiger partial charge on any atom is 0.132 e. The average molecular weight is 314 g/mol. The van der Waals surface area contributed by atoms with Gasteiger partial charge in [0.05, 0.1) is 5.41 Å². The predicted octanol–water partition coefficient (Wildman–Crippen LogP) is 6.34. The fraction of sp³-hybridized carbons (Fsp3) is 0.130. The second-order valence-corrected chi connectivity index (χ2v) is 5.96. The summed E-state index contributed by atoms with van der Waals surface area (Å²) in [6.45, 7) is 12.5. The molecule has 0 fully saturated rings. The molecule has 1 aliphatic rings. The largest absolute Gasteiger partial charge is 0.457 e. The summed E-state index contributed by atoms with van der Waals surface area (Å²) in [6, 6.07) is 16.4. The normalized spacial score (nSPS) is 15.3. The van der Waals surface area contributed by atoms with E-state index in [9.17, 15) is 0 Å². The predicted molar refractivity (Wildman–Crippen MR) is 102 cm³/mol. The van der Waals surface area contributed by atoms with Crippen molar-refractivity contribution in [2.75, 3.05) is 0 Å². The molecule has 0 aliphatic carbocycles. The fourth-order valence-electron chi connectivity index (χ4n) is 3.65. The summed E-state index contributed by atoms with van der Waals surface area (Å²) in [7, 11) is 0. The summed E-state index contributed by atoms with van der Waals surface area (Å²) in [5.41, 5.74) is 3.96. The van der Waals surface area contributed by atoms with Crippen molar-refractivity contribution >= 4 is 0 Å². The molecule has 1 heterocycles. The van der Waals surface area contributed by atoms with Crippen molar-refractivity contribution in [3.8, 4) is 11.5 Å². The number of ether oxygens (including phenoxy) is 1. The van der Waals surface area contributed by atoms with E-state index in [0.29, 0.717) is 0 Å². The Labute approximate surface area is 144 Å². The van der Waals surface area contributed by atoms with Gasteiger partial charge in [-0.25, -0.2) is 0 Å². The minimum atomic E-state index is -0.452. The van der Waals surface area contributed by atoms with E-state index in [4.69, 9.17) is 4.74 Å². The number of hydrogen-bond donors (Lipinski definition) is 0. The Hall–Kier alpha value is -2.80. The zero-order valence-corrected chi connectivity index (χ0v) is 14.3. The molecule has 0 saturated heterocycles. The lowest BCUT2D eigenvalue weighted by Crippen LogP contribution is -2.34. The Bertz CT molecular complexity index is 806. The third-order valence-corrected chi connectivity index (χ3v) is 4.61. The molecule has 0 unspecified atom stereocenters. The van der Waals surface area contributed by atoms with Crippen LogP contribution in [0.3, 0.4) is 0 Å². The van der Waals surface area contributed by atoms with Gasteiger partial charge in [-0.15, -0.1) is 0 Å². The Morgan fingerprint density at radius 3 is 2.04 bits per heavy atom. The number of hydrogen-bond acceptors (Lipinski definition) is 1. The standard InChI is InChI=1S/C23H22O/c1-5-11-17(3)23(18(4)12-6-2)19-13-7-9-15-21(19)24-22-16-10-8-14-20(22)23/h5-16H,1,4H2,2-3H3/b12-6-,17-11+. The molecular formula is C23H22O. The Morgan fingerprint density at radius 1 is 1.00 bits per heavy atom. The van der Waals surface area contributed by atoms with Crippen LogP contribution in [-0.2, 0) is 5.41 Å². The maximum atomic E-state index is 6.17. The van der Waals surface area contributed by atoms with Crippen LogP contribution < -0.4 is 4.74 Å². The highest BCUT2D eigenvalue weighted by Gasteiger charge is 2.44. The molecule has 0 aromatic heterocycles. The van der Waals surface area contributed by atoms with Gasteiger partial charge in [0.15, 0.2) is 0 Å². The van der Waals surface area contributed by atoms with Gasteiger partial charge in [-0.2, -0.15) is 0 Å². The topological polar surface area (TPSA) is 9.23 Å². The first-order valence-electron chi connectivity index (χ1n) is 8.15. The molecule has 0 amide bonds. The van der Waals surface area contributed by atoms with Crippen molar-refractivity contribution in [3.63, 3.8) is 0 Å². The van der Waals surface area contributed by atoms with E-state index in [-0.39, 0.29) is 0 Å². The van der Waals surface area contributed by atoms with Crippen molar-refractivity contribution < 1.29 is 4.74 Å². The summed E-state index contributed by atoms with van der Waals surface area (Å²) in [6.07, 6.45) is 8.01. The molecule has 1 heteroatoms. The van der Waals surface area contributed by atoms with Gasteiger partial charge in [-0.3, -0.25) is 0 Å². The van der Waals surface area contributed by atoms with E-state index in [1.165, 1.54) is 5.57 Å². The lowest BCUT2D eigenvalue weighted by molar-refractivity contribution is 0.432. The van der Waals surface area contributed by atoms with Crippen LogP contribution >= 0.6 is 0 Å². The van der Waals surface area contributed by atoms with Crippen LogP contribution in [0.5, 0.6) is 11.5 Å². The molecule has 2 aromatic carbocycles. The van der Waals surface area contributed by atoms with E-state index in [2.05, 4.69) is 56.5 Å². The van der Waals surface area contributed by atoms with E-state index < -0.39 is 5.41 Å². The van der Waals surface area contributed by atoms with E-state index in [0.717, 1.165) is 28.2 Å². The monoisotopic (exact) mass is 314 g/mol. The summed E-state index contributed by atoms with van der Waals surface area (Å²) in [5.74, 6) is 1.75. The molecule has 24 heavy (non-hydrogen) atoms. The zero-order chi connectivity index (χ0) is 17.2. The molecule has 1 nitrogen and oxygen atoms in total. The lowest BCUT2D eigenvalue weighted by Gasteiger charge is -2.42. The second-order valence-electron chi connectivity index (χ2n) is 5.96. The van der Waals surface area contributed by atoms with Gasteiger partial charge < -0.3 is 4.74 Å². The van der Waals surface area contributed by atoms with Gasteiger partial charge in [0.1, 0.15) is 11.5 Å². The average Bonchev–Trinajstić information content (AvgIpc) is 2.60. The highest BCUT2D eigenvalue weighted by atomic mass is 16.5. The highest BCUT2D eigenvalue weighted by Crippen LogP contribution is 2.55. The van der Waals surface area contributed by atoms with Gasteiger partial charge in [0.25, 0.3) is 0 Å². The third-order valence-electron chi connectivity index (χ3n) is 4.61. The Morgan fingerprint density at radius 2 is 1.54 bits per heavy atom. The number of benzene rings is 2. The summed E-state index contributed by atoms with van der Waals surface area (Å²) < 4.78 is 6.17. The van der Waals surface area contributed by atoms with Crippen LogP contribution in [0.25, 0.3) is 0 Å². The van der Waals surface area contributed by atoms with Gasteiger partial charge >= 0.3 is 0 Å². The maximum absolute atomic E-state index is 6.17. The van der Waals surface area contributed by atoms with Gasteiger partial charge in [-0.05, 0) is 31.6 Å². The number of allylic oxidation sites excluding steroid dienone is 6. The van der Waals surface area contributed by atoms with Gasteiger partial charge in [0.2, 0.25) is 0 Å². The number of fused-ring (bicyclic) bond motifs is 2. The Kier molecular flexibility index (Phi) is 4.26. The first-order valence-corrected chi connectivity index (χ1v) is 8.15. The number of rotatable bonds is 4. The van der Waals surface area contributed by atoms with Crippen LogP contribution in [0.4, 0.5) is 0 Å². The third kappa shape index (κ3) is 2.25. The first-order chi connectivity index (χ1) is 11.7. The van der Waals surface area contributed by atoms with E-state index >= 15 is 0 Å². The Balaban J connectivity index is 2.45. The van der Waals surface area contributed by atoms with Crippen molar-refractivity contribution in [2.45, 2.75) is 19.3 Å². The molecule has 0 atom stereocenters. The number of para-hydroxylation sites is 2. The quantitative estimate of drug-likeness (QED) is 0.598. The highest BCUT2D eigenvalue weighted by molar-refractivity contribution is 5.68. The lowest BCUT2D eigenvalue weighted by atomic mass is 9.63. The molecule has 0 radical (unpaired) electrons. The molecule has 0 N–H and O–H groups in total. The molecule has 3 rings (SSSR count). The molecule has 2 aromatic rings. The minimum Gasteiger partial charge on any atom is -0.457 e. The van der Waals surface area contributed by atoms with Crippen LogP contribution in [0.15, 0.2) is 97.1 Å². The smallest absolute Gasteiger partial charge is 0.132 e. The van der Waals surface area contributed by atoms with E-state index in [1.807, 2.05) is 43.3 Å². The molecular weight excluding hydrogens is 292 g/mol.